The van der Waals surface area contributed by atoms with Crippen LogP contribution in [0.3, 0.4) is 0 Å². The number of aliphatic hydroxyl groups excluding tert-OH is 1. The molecule has 36 heavy (non-hydrogen) atoms. The third-order valence-corrected chi connectivity index (χ3v) is 5.22. The quantitative estimate of drug-likeness (QED) is 0.121. The van der Waals surface area contributed by atoms with Gasteiger partial charge in [0, 0.05) is 28.8 Å². The second-order valence-electron chi connectivity index (χ2n) is 8.03. The molecule has 7 N–H and O–H groups in total. The largest absolute Gasteiger partial charge is 0.391 e. The summed E-state index contributed by atoms with van der Waals surface area (Å²) >= 11 is 0. The normalized spacial score (nSPS) is 11.7. The van der Waals surface area contributed by atoms with E-state index in [1.807, 2.05) is 0 Å². The van der Waals surface area contributed by atoms with Gasteiger partial charge in [0.25, 0.3) is 17.7 Å². The van der Waals surface area contributed by atoms with E-state index in [2.05, 4.69) is 22.5 Å². The van der Waals surface area contributed by atoms with Crippen LogP contribution in [0, 0.1) is 11.8 Å². The molecule has 0 unspecified atom stereocenters. The van der Waals surface area contributed by atoms with E-state index >= 15 is 0 Å². The minimum Gasteiger partial charge on any atom is -0.391 e. The van der Waals surface area contributed by atoms with Crippen molar-refractivity contribution in [1.29, 1.82) is 0 Å². The van der Waals surface area contributed by atoms with Gasteiger partial charge in [0.2, 0.25) is 0 Å². The molecule has 9 nitrogen and oxygen atoms in total. The first-order valence-electron chi connectivity index (χ1n) is 11.5. The lowest BCUT2D eigenvalue weighted by Gasteiger charge is -2.19. The van der Waals surface area contributed by atoms with Gasteiger partial charge in [0.15, 0.2) is 0 Å². The lowest BCUT2D eigenvalue weighted by molar-refractivity contribution is -0.133. The number of rotatable bonds is 11. The summed E-state index contributed by atoms with van der Waals surface area (Å²) in [5.74, 6) is 4.39. The van der Waals surface area contributed by atoms with Gasteiger partial charge < -0.3 is 21.5 Å². The van der Waals surface area contributed by atoms with Crippen LogP contribution in [-0.2, 0) is 4.79 Å². The molecule has 0 fully saturated rings. The van der Waals surface area contributed by atoms with E-state index in [1.165, 1.54) is 12.4 Å². The van der Waals surface area contributed by atoms with Crippen LogP contribution in [0.4, 0.5) is 0 Å². The molecule has 0 saturated heterocycles. The summed E-state index contributed by atoms with van der Waals surface area (Å²) in [5.41, 5.74) is 9.12. The average molecular weight is 497 g/mol. The summed E-state index contributed by atoms with van der Waals surface area (Å²) in [6.07, 6.45) is 2.85. The molecular formula is C27H36N4O5. The van der Waals surface area contributed by atoms with E-state index in [1.54, 1.807) is 48.5 Å². The molecule has 9 heteroatoms. The molecule has 0 spiro atoms. The van der Waals surface area contributed by atoms with Crippen LogP contribution in [0.15, 0.2) is 48.5 Å². The predicted octanol–water partition coefficient (Wildman–Crippen LogP) is 1.96. The summed E-state index contributed by atoms with van der Waals surface area (Å²) < 4.78 is 0. The maximum atomic E-state index is 12.3. The van der Waals surface area contributed by atoms with Crippen LogP contribution < -0.4 is 21.8 Å². The highest BCUT2D eigenvalue weighted by Crippen LogP contribution is 2.07. The summed E-state index contributed by atoms with van der Waals surface area (Å²) in [4.78, 5) is 36.1. The summed E-state index contributed by atoms with van der Waals surface area (Å²) in [5, 5.41) is 23.6. The molecule has 0 aliphatic rings. The Balaban J connectivity index is 0.00000648. The van der Waals surface area contributed by atoms with Gasteiger partial charge >= 0.3 is 0 Å². The van der Waals surface area contributed by atoms with Crippen LogP contribution in [0.25, 0.3) is 0 Å². The van der Waals surface area contributed by atoms with Crippen molar-refractivity contribution in [2.24, 2.45) is 5.73 Å². The van der Waals surface area contributed by atoms with Crippen LogP contribution >= 0.6 is 0 Å². The first-order valence-corrected chi connectivity index (χ1v) is 11.5. The van der Waals surface area contributed by atoms with E-state index < -0.39 is 24.0 Å². The van der Waals surface area contributed by atoms with E-state index in [-0.39, 0.29) is 18.9 Å². The van der Waals surface area contributed by atoms with Crippen LogP contribution in [0.5, 0.6) is 0 Å². The Bertz CT molecular complexity index is 1040. The second-order valence-corrected chi connectivity index (χ2v) is 8.03. The number of carbonyl (C=O) groups is 3. The number of nitrogens with two attached hydrogens (primary N) is 1. The number of nitrogens with one attached hydrogen (secondary N) is 3. The molecule has 2 atom stereocenters. The zero-order valence-corrected chi connectivity index (χ0v) is 19.7. The number of carbonyl (C=O) groups excluding carboxylic acids is 3. The number of hydrogen-bond donors (Lipinski definition) is 6. The van der Waals surface area contributed by atoms with Crippen LogP contribution in [-0.4, -0.2) is 53.3 Å². The highest BCUT2D eigenvalue weighted by Gasteiger charge is 2.25. The number of hydroxylamine groups is 1. The molecule has 2 aromatic carbocycles. The fourth-order valence-corrected chi connectivity index (χ4v) is 3.18. The SMILES string of the molecule is C.C[C@@H](O)[C@H](NC(=O)c1ccc(C#Cc2ccc(C(=O)NCCCCCCN)cc2)cc1)C(=O)NO. The zero-order chi connectivity index (χ0) is 25.6. The molecule has 3 amide bonds. The van der Waals surface area contributed by atoms with Gasteiger partial charge in [-0.05, 0) is 74.8 Å². The van der Waals surface area contributed by atoms with Crippen molar-refractivity contribution in [1.82, 2.24) is 16.1 Å². The van der Waals surface area contributed by atoms with Gasteiger partial charge in [-0.2, -0.15) is 0 Å². The van der Waals surface area contributed by atoms with Crippen molar-refractivity contribution in [3.8, 4) is 11.8 Å². The summed E-state index contributed by atoms with van der Waals surface area (Å²) in [7, 11) is 0. The van der Waals surface area contributed by atoms with Gasteiger partial charge in [-0.15, -0.1) is 0 Å². The van der Waals surface area contributed by atoms with Crippen molar-refractivity contribution in [2.45, 2.75) is 52.2 Å². The van der Waals surface area contributed by atoms with Crippen LogP contribution in [0.2, 0.25) is 0 Å². The van der Waals surface area contributed by atoms with E-state index in [0.717, 1.165) is 31.2 Å². The third-order valence-electron chi connectivity index (χ3n) is 5.22. The van der Waals surface area contributed by atoms with Crippen molar-refractivity contribution in [3.05, 3.63) is 70.8 Å². The number of amides is 3. The lowest BCUT2D eigenvalue weighted by atomic mass is 10.1. The maximum Gasteiger partial charge on any atom is 0.268 e. The highest BCUT2D eigenvalue weighted by molar-refractivity contribution is 5.97. The van der Waals surface area contributed by atoms with Gasteiger partial charge in [0.05, 0.1) is 6.10 Å². The Morgan fingerprint density at radius 2 is 1.36 bits per heavy atom. The molecule has 0 aliphatic carbocycles. The predicted molar refractivity (Wildman–Crippen MR) is 138 cm³/mol. The number of aliphatic hydroxyl groups is 1. The van der Waals surface area contributed by atoms with E-state index in [9.17, 15) is 19.5 Å². The second kappa shape index (κ2) is 16.1. The Labute approximate surface area is 212 Å². The summed E-state index contributed by atoms with van der Waals surface area (Å²) in [6.45, 7) is 2.65. The molecule has 2 aromatic rings. The van der Waals surface area contributed by atoms with Crippen molar-refractivity contribution >= 4 is 17.7 Å². The van der Waals surface area contributed by atoms with Gasteiger partial charge in [0.1, 0.15) is 6.04 Å². The fourth-order valence-electron chi connectivity index (χ4n) is 3.18. The molecular weight excluding hydrogens is 460 g/mol. The highest BCUT2D eigenvalue weighted by atomic mass is 16.5. The lowest BCUT2D eigenvalue weighted by Crippen LogP contribution is -2.51. The Kier molecular flexibility index (Phi) is 13.5. The van der Waals surface area contributed by atoms with Crippen molar-refractivity contribution in [2.75, 3.05) is 13.1 Å². The molecule has 0 radical (unpaired) electrons. The Morgan fingerprint density at radius 3 is 1.83 bits per heavy atom. The van der Waals surface area contributed by atoms with Gasteiger partial charge in [-0.25, -0.2) is 5.48 Å². The number of unbranched alkanes of at least 4 members (excludes halogenated alkanes) is 3. The van der Waals surface area contributed by atoms with Crippen molar-refractivity contribution in [3.63, 3.8) is 0 Å². The molecule has 0 heterocycles. The van der Waals surface area contributed by atoms with E-state index in [4.69, 9.17) is 10.9 Å². The zero-order valence-electron chi connectivity index (χ0n) is 19.7. The Morgan fingerprint density at radius 1 is 0.861 bits per heavy atom. The molecule has 0 aliphatic heterocycles. The average Bonchev–Trinajstić information content (AvgIpc) is 2.87. The smallest absolute Gasteiger partial charge is 0.268 e. The van der Waals surface area contributed by atoms with Crippen molar-refractivity contribution < 1.29 is 24.7 Å². The molecule has 194 valence electrons. The topological polar surface area (TPSA) is 154 Å². The fraction of sp³-hybridized carbons (Fsp3) is 0.370. The first kappa shape index (κ1) is 30.3. The number of hydrogen-bond acceptors (Lipinski definition) is 6. The van der Waals surface area contributed by atoms with Crippen LogP contribution in [0.1, 0.15) is 71.9 Å². The Hall–Kier alpha value is -3.71. The summed E-state index contributed by atoms with van der Waals surface area (Å²) in [6, 6.07) is 12.1. The number of benzene rings is 2. The molecule has 0 aromatic heterocycles. The monoisotopic (exact) mass is 496 g/mol. The third kappa shape index (κ3) is 9.88. The van der Waals surface area contributed by atoms with E-state index in [0.29, 0.717) is 24.2 Å². The minimum atomic E-state index is -1.29. The van der Waals surface area contributed by atoms with Gasteiger partial charge in [-0.3, -0.25) is 19.6 Å². The molecule has 0 saturated carbocycles. The first-order chi connectivity index (χ1) is 16.8. The standard InChI is InChI=1S/C26H32N4O5.CH4/c1-18(31)23(26(34)30-35)29-25(33)22-14-10-20(11-15-22)7-6-19-8-12-21(13-9-19)24(32)28-17-5-3-2-4-16-27;/h8-15,18,23,31,35H,2-5,16-17,27H2,1H3,(H,28,32)(H,29,33)(H,30,34);1H4/t18-,23+;/m1./s1. The van der Waals surface area contributed by atoms with Gasteiger partial charge in [-0.1, -0.05) is 32.1 Å². The minimum absolute atomic E-state index is 0. The molecule has 2 rings (SSSR count). The molecule has 0 bridgehead atoms. The maximum absolute atomic E-state index is 12.3.